The summed E-state index contributed by atoms with van der Waals surface area (Å²) in [6, 6.07) is 15.3. The van der Waals surface area contributed by atoms with Crippen molar-refractivity contribution in [3.8, 4) is 17.3 Å². The zero-order valence-corrected chi connectivity index (χ0v) is 20.1. The predicted octanol–water partition coefficient (Wildman–Crippen LogP) is 3.82. The Morgan fingerprint density at radius 3 is 2.76 bits per heavy atom. The van der Waals surface area contributed by atoms with Crippen molar-refractivity contribution in [2.24, 2.45) is 0 Å². The van der Waals surface area contributed by atoms with E-state index in [9.17, 15) is 9.18 Å². The first-order chi connectivity index (χ1) is 18.0. The highest BCUT2D eigenvalue weighted by molar-refractivity contribution is 5.95. The van der Waals surface area contributed by atoms with E-state index in [1.807, 2.05) is 25.1 Å². The van der Waals surface area contributed by atoms with Crippen LogP contribution in [0.3, 0.4) is 0 Å². The van der Waals surface area contributed by atoms with Crippen LogP contribution in [0.2, 0.25) is 0 Å². The van der Waals surface area contributed by atoms with Crippen LogP contribution in [-0.2, 0) is 11.4 Å². The number of nitrogens with zero attached hydrogens (tertiary/aromatic N) is 6. The Morgan fingerprint density at radius 2 is 1.95 bits per heavy atom. The van der Waals surface area contributed by atoms with E-state index in [4.69, 9.17) is 14.6 Å². The molecule has 0 aliphatic carbocycles. The third-order valence-electron chi connectivity index (χ3n) is 6.37. The summed E-state index contributed by atoms with van der Waals surface area (Å²) in [5, 5.41) is 20.1. The lowest BCUT2D eigenvalue weighted by Gasteiger charge is -2.26. The SMILES string of the molecule is COc1cccc(C2CC(=O)Nc3c2c(C)nn3-c2ccc3nncn3n2)c1OCc1ccc(F)cc1. The molecule has 1 atom stereocenters. The molecule has 1 unspecified atom stereocenters. The van der Waals surface area contributed by atoms with Gasteiger partial charge in [0.15, 0.2) is 23.0 Å². The van der Waals surface area contributed by atoms with Crippen molar-refractivity contribution in [3.05, 3.63) is 89.1 Å². The number of ether oxygens (including phenoxy) is 2. The molecule has 5 aromatic rings. The summed E-state index contributed by atoms with van der Waals surface area (Å²) in [6.45, 7) is 2.11. The largest absolute Gasteiger partial charge is 0.493 e. The van der Waals surface area contributed by atoms with Crippen molar-refractivity contribution in [2.75, 3.05) is 12.4 Å². The number of aromatic nitrogens is 6. The van der Waals surface area contributed by atoms with Gasteiger partial charge in [-0.15, -0.1) is 15.3 Å². The minimum absolute atomic E-state index is 0.156. The molecule has 37 heavy (non-hydrogen) atoms. The molecular weight excluding hydrogens is 477 g/mol. The first kappa shape index (κ1) is 22.7. The standard InChI is InChI=1S/C26H22FN7O3/c1-15-24-19(18-4-3-5-20(36-2)25(18)37-13-16-6-8-17(27)9-7-16)12-23(35)29-26(24)34(31-15)22-11-10-21-30-28-14-33(21)32-22/h3-11,14,19H,12-13H2,1-2H3,(H,29,35). The van der Waals surface area contributed by atoms with Crippen LogP contribution in [0.1, 0.15) is 34.7 Å². The van der Waals surface area contributed by atoms with Gasteiger partial charge >= 0.3 is 0 Å². The van der Waals surface area contributed by atoms with Crippen molar-refractivity contribution < 1.29 is 18.7 Å². The maximum atomic E-state index is 13.4. The number of carbonyl (C=O) groups excluding carboxylic acids is 1. The zero-order chi connectivity index (χ0) is 25.5. The molecule has 186 valence electrons. The van der Waals surface area contributed by atoms with Gasteiger partial charge in [0.25, 0.3) is 0 Å². The van der Waals surface area contributed by atoms with Gasteiger partial charge in [0.05, 0.1) is 12.8 Å². The molecule has 0 saturated carbocycles. The second kappa shape index (κ2) is 9.01. The van der Waals surface area contributed by atoms with E-state index in [0.29, 0.717) is 28.8 Å². The summed E-state index contributed by atoms with van der Waals surface area (Å²) in [7, 11) is 1.57. The van der Waals surface area contributed by atoms with Gasteiger partial charge in [0.2, 0.25) is 5.91 Å². The maximum Gasteiger partial charge on any atom is 0.226 e. The molecule has 11 heteroatoms. The van der Waals surface area contributed by atoms with E-state index in [-0.39, 0.29) is 30.7 Å². The zero-order valence-electron chi connectivity index (χ0n) is 20.1. The van der Waals surface area contributed by atoms with Gasteiger partial charge in [-0.25, -0.2) is 4.39 Å². The van der Waals surface area contributed by atoms with Crippen LogP contribution in [0.4, 0.5) is 10.2 Å². The number of hydrogen-bond donors (Lipinski definition) is 1. The monoisotopic (exact) mass is 499 g/mol. The Balaban J connectivity index is 1.43. The average Bonchev–Trinajstić information content (AvgIpc) is 3.51. The van der Waals surface area contributed by atoms with Crippen molar-refractivity contribution >= 4 is 17.4 Å². The van der Waals surface area contributed by atoms with Crippen molar-refractivity contribution in [2.45, 2.75) is 25.9 Å². The number of para-hydroxylation sites is 1. The normalized spacial score (nSPS) is 14.9. The Labute approximate surface area is 210 Å². The molecule has 1 aliphatic heterocycles. The molecule has 3 aromatic heterocycles. The number of fused-ring (bicyclic) bond motifs is 2. The molecule has 10 nitrogen and oxygen atoms in total. The number of rotatable bonds is 6. The number of hydrogen-bond acceptors (Lipinski definition) is 7. The van der Waals surface area contributed by atoms with E-state index in [0.717, 1.165) is 22.4 Å². The molecule has 2 aromatic carbocycles. The van der Waals surface area contributed by atoms with Gasteiger partial charge in [-0.05, 0) is 42.8 Å². The highest BCUT2D eigenvalue weighted by Crippen LogP contribution is 2.45. The molecule has 0 bridgehead atoms. The lowest BCUT2D eigenvalue weighted by Crippen LogP contribution is -2.25. The van der Waals surface area contributed by atoms with Crippen LogP contribution >= 0.6 is 0 Å². The Kier molecular flexibility index (Phi) is 5.52. The first-order valence-electron chi connectivity index (χ1n) is 11.6. The van der Waals surface area contributed by atoms with Crippen LogP contribution < -0.4 is 14.8 Å². The third-order valence-corrected chi connectivity index (χ3v) is 6.37. The van der Waals surface area contributed by atoms with Gasteiger partial charge in [0.1, 0.15) is 24.6 Å². The lowest BCUT2D eigenvalue weighted by atomic mass is 9.85. The summed E-state index contributed by atoms with van der Waals surface area (Å²) in [5.41, 5.74) is 3.81. The van der Waals surface area contributed by atoms with Crippen molar-refractivity contribution in [1.82, 2.24) is 29.6 Å². The van der Waals surface area contributed by atoms with Gasteiger partial charge < -0.3 is 14.8 Å². The Morgan fingerprint density at radius 1 is 1.11 bits per heavy atom. The quantitative estimate of drug-likeness (QED) is 0.378. The van der Waals surface area contributed by atoms with Gasteiger partial charge in [-0.2, -0.15) is 14.3 Å². The van der Waals surface area contributed by atoms with E-state index >= 15 is 0 Å². The second-order valence-electron chi connectivity index (χ2n) is 8.68. The van der Waals surface area contributed by atoms with Gasteiger partial charge in [-0.3, -0.25) is 4.79 Å². The number of carbonyl (C=O) groups is 1. The van der Waals surface area contributed by atoms with Crippen LogP contribution in [0.25, 0.3) is 11.5 Å². The van der Waals surface area contributed by atoms with Crippen LogP contribution in [0.15, 0.2) is 60.9 Å². The number of aryl methyl sites for hydroxylation is 1. The van der Waals surface area contributed by atoms with E-state index < -0.39 is 0 Å². The van der Waals surface area contributed by atoms with Gasteiger partial charge in [-0.1, -0.05) is 24.3 Å². The lowest BCUT2D eigenvalue weighted by molar-refractivity contribution is -0.116. The molecule has 0 fully saturated rings. The van der Waals surface area contributed by atoms with Crippen LogP contribution in [-0.4, -0.2) is 42.6 Å². The van der Waals surface area contributed by atoms with Crippen LogP contribution in [0.5, 0.6) is 11.5 Å². The first-order valence-corrected chi connectivity index (χ1v) is 11.6. The van der Waals surface area contributed by atoms with E-state index in [1.165, 1.54) is 18.5 Å². The number of amides is 1. The molecule has 0 spiro atoms. The molecule has 1 aliphatic rings. The number of halogens is 1. The molecule has 1 N–H and O–H groups in total. The topological polar surface area (TPSA) is 108 Å². The van der Waals surface area contributed by atoms with Crippen molar-refractivity contribution in [1.29, 1.82) is 0 Å². The Bertz CT molecular complexity index is 1630. The van der Waals surface area contributed by atoms with Gasteiger partial charge in [0, 0.05) is 23.5 Å². The molecule has 1 amide bonds. The minimum atomic E-state index is -0.338. The minimum Gasteiger partial charge on any atom is -0.493 e. The number of nitrogens with one attached hydrogen (secondary N) is 1. The smallest absolute Gasteiger partial charge is 0.226 e. The molecule has 0 radical (unpaired) electrons. The second-order valence-corrected chi connectivity index (χ2v) is 8.68. The summed E-state index contributed by atoms with van der Waals surface area (Å²) >= 11 is 0. The number of methoxy groups -OCH3 is 1. The molecule has 0 saturated heterocycles. The summed E-state index contributed by atoms with van der Waals surface area (Å²) in [6.07, 6.45) is 1.71. The maximum absolute atomic E-state index is 13.4. The number of anilines is 1. The highest BCUT2D eigenvalue weighted by atomic mass is 19.1. The third kappa shape index (κ3) is 4.03. The summed E-state index contributed by atoms with van der Waals surface area (Å²) in [4.78, 5) is 12.9. The fourth-order valence-corrected chi connectivity index (χ4v) is 4.67. The van der Waals surface area contributed by atoms with E-state index in [2.05, 4.69) is 20.6 Å². The molecular formula is C26H22FN7O3. The fourth-order valence-electron chi connectivity index (χ4n) is 4.67. The summed E-state index contributed by atoms with van der Waals surface area (Å²) < 4.78 is 28.4. The number of benzene rings is 2. The fraction of sp³-hybridized carbons (Fsp3) is 0.192. The average molecular weight is 500 g/mol. The molecule has 6 rings (SSSR count). The van der Waals surface area contributed by atoms with Crippen molar-refractivity contribution in [3.63, 3.8) is 0 Å². The van der Waals surface area contributed by atoms with E-state index in [1.54, 1.807) is 40.6 Å². The van der Waals surface area contributed by atoms with Crippen LogP contribution in [0, 0.1) is 12.7 Å². The highest BCUT2D eigenvalue weighted by Gasteiger charge is 2.35. The Hall–Kier alpha value is -4.80. The molecule has 4 heterocycles. The summed E-state index contributed by atoms with van der Waals surface area (Å²) in [5.74, 6) is 1.31. The predicted molar refractivity (Wildman–Crippen MR) is 131 cm³/mol.